The van der Waals surface area contributed by atoms with Crippen LogP contribution in [0.25, 0.3) is 0 Å². The Labute approximate surface area is 109 Å². The average Bonchev–Trinajstić information content (AvgIpc) is 2.37. The molecule has 7 heteroatoms. The molecule has 0 aliphatic carbocycles. The molecule has 1 aliphatic heterocycles. The Morgan fingerprint density at radius 1 is 1.37 bits per heavy atom. The van der Waals surface area contributed by atoms with Gasteiger partial charge in [0.2, 0.25) is 5.91 Å². The van der Waals surface area contributed by atoms with Crippen molar-refractivity contribution in [2.24, 2.45) is 11.5 Å². The Hall–Kier alpha value is -2.15. The van der Waals surface area contributed by atoms with E-state index in [1.54, 1.807) is 11.0 Å². The molecule has 1 heterocycles. The van der Waals surface area contributed by atoms with E-state index >= 15 is 0 Å². The molecular formula is C12H15FN4O2. The van der Waals surface area contributed by atoms with E-state index in [1.807, 2.05) is 0 Å². The summed E-state index contributed by atoms with van der Waals surface area (Å²) >= 11 is 0. The van der Waals surface area contributed by atoms with Gasteiger partial charge >= 0.3 is 0 Å². The van der Waals surface area contributed by atoms with E-state index in [0.717, 1.165) is 6.07 Å². The van der Waals surface area contributed by atoms with Crippen LogP contribution in [-0.2, 0) is 4.79 Å². The zero-order valence-corrected chi connectivity index (χ0v) is 10.2. The molecule has 0 radical (unpaired) electrons. The lowest BCUT2D eigenvalue weighted by Gasteiger charge is -2.36. The molecule has 6 nitrogen and oxygen atoms in total. The van der Waals surface area contributed by atoms with Crippen LogP contribution in [0.5, 0.6) is 0 Å². The molecular weight excluding hydrogens is 251 g/mol. The van der Waals surface area contributed by atoms with Crippen LogP contribution in [0.3, 0.4) is 0 Å². The van der Waals surface area contributed by atoms with Gasteiger partial charge in [0.1, 0.15) is 11.9 Å². The quantitative estimate of drug-likeness (QED) is 0.665. The van der Waals surface area contributed by atoms with Crippen LogP contribution in [0, 0.1) is 5.82 Å². The smallest absolute Gasteiger partial charge is 0.253 e. The van der Waals surface area contributed by atoms with Crippen molar-refractivity contribution in [1.29, 1.82) is 0 Å². The maximum Gasteiger partial charge on any atom is 0.253 e. The minimum atomic E-state index is -0.866. The molecule has 2 rings (SSSR count). The van der Waals surface area contributed by atoms with Crippen LogP contribution in [0.4, 0.5) is 10.1 Å². The average molecular weight is 266 g/mol. The third-order valence-corrected chi connectivity index (χ3v) is 3.12. The molecule has 1 aliphatic rings. The molecule has 1 saturated heterocycles. The minimum absolute atomic E-state index is 0.212. The highest BCUT2D eigenvalue weighted by Crippen LogP contribution is 2.25. The van der Waals surface area contributed by atoms with Crippen LogP contribution >= 0.6 is 0 Å². The van der Waals surface area contributed by atoms with E-state index in [-0.39, 0.29) is 5.56 Å². The van der Waals surface area contributed by atoms with Gasteiger partial charge in [0, 0.05) is 19.6 Å². The summed E-state index contributed by atoms with van der Waals surface area (Å²) in [6.07, 6.45) is 0. The molecule has 19 heavy (non-hydrogen) atoms. The Morgan fingerprint density at radius 2 is 2.11 bits per heavy atom. The number of carbonyl (C=O) groups is 2. The molecule has 0 saturated carbocycles. The third kappa shape index (κ3) is 2.50. The van der Waals surface area contributed by atoms with E-state index < -0.39 is 23.7 Å². The molecule has 1 fully saturated rings. The van der Waals surface area contributed by atoms with Gasteiger partial charge in [-0.3, -0.25) is 9.59 Å². The summed E-state index contributed by atoms with van der Waals surface area (Å²) in [6, 6.07) is 3.56. The first kappa shape index (κ1) is 13.3. The van der Waals surface area contributed by atoms with Gasteiger partial charge in [0.15, 0.2) is 0 Å². The van der Waals surface area contributed by atoms with Crippen molar-refractivity contribution >= 4 is 17.5 Å². The van der Waals surface area contributed by atoms with Crippen molar-refractivity contribution in [2.45, 2.75) is 6.04 Å². The summed E-state index contributed by atoms with van der Waals surface area (Å²) in [6.45, 7) is 1.40. The summed E-state index contributed by atoms with van der Waals surface area (Å²) in [5.41, 5.74) is 10.6. The molecule has 1 unspecified atom stereocenters. The molecule has 102 valence electrons. The Morgan fingerprint density at radius 3 is 2.74 bits per heavy atom. The van der Waals surface area contributed by atoms with Gasteiger partial charge in [0.25, 0.3) is 5.91 Å². The highest BCUT2D eigenvalue weighted by molar-refractivity contribution is 6.00. The first-order valence-corrected chi connectivity index (χ1v) is 5.87. The van der Waals surface area contributed by atoms with E-state index in [1.165, 1.54) is 6.07 Å². The normalized spacial score (nSPS) is 19.2. The Bertz CT molecular complexity index is 520. The largest absolute Gasteiger partial charge is 0.368 e. The standard InChI is InChI=1S/C12H15FN4O2/c13-7-2-1-3-8(10(7)12(15)19)17-5-4-16-6-9(17)11(14)18/h1-3,9,16H,4-6H2,(H2,14,18)(H2,15,19). The zero-order chi connectivity index (χ0) is 14.0. The summed E-state index contributed by atoms with van der Waals surface area (Å²) in [5.74, 6) is -2.10. The lowest BCUT2D eigenvalue weighted by Crippen LogP contribution is -2.57. The van der Waals surface area contributed by atoms with Crippen LogP contribution in [0.15, 0.2) is 18.2 Å². The number of benzene rings is 1. The molecule has 0 aromatic heterocycles. The van der Waals surface area contributed by atoms with Gasteiger partial charge in [0.05, 0.1) is 11.3 Å². The predicted molar refractivity (Wildman–Crippen MR) is 68.1 cm³/mol. The monoisotopic (exact) mass is 266 g/mol. The van der Waals surface area contributed by atoms with E-state index in [4.69, 9.17) is 11.5 Å². The summed E-state index contributed by atoms with van der Waals surface area (Å²) in [5, 5.41) is 3.03. The summed E-state index contributed by atoms with van der Waals surface area (Å²) < 4.78 is 13.7. The number of amides is 2. The first-order chi connectivity index (χ1) is 9.02. The number of halogens is 1. The van der Waals surface area contributed by atoms with E-state index in [9.17, 15) is 14.0 Å². The molecule has 5 N–H and O–H groups in total. The number of nitrogens with one attached hydrogen (secondary N) is 1. The van der Waals surface area contributed by atoms with Crippen LogP contribution in [0.2, 0.25) is 0 Å². The third-order valence-electron chi connectivity index (χ3n) is 3.12. The van der Waals surface area contributed by atoms with Gasteiger partial charge < -0.3 is 21.7 Å². The number of anilines is 1. The highest BCUT2D eigenvalue weighted by Gasteiger charge is 2.30. The van der Waals surface area contributed by atoms with Gasteiger partial charge in [-0.2, -0.15) is 0 Å². The van der Waals surface area contributed by atoms with Crippen molar-refractivity contribution in [3.63, 3.8) is 0 Å². The number of primary amides is 2. The maximum absolute atomic E-state index is 13.7. The van der Waals surface area contributed by atoms with Crippen LogP contribution in [0.1, 0.15) is 10.4 Å². The van der Waals surface area contributed by atoms with Gasteiger partial charge in [-0.15, -0.1) is 0 Å². The molecule has 0 bridgehead atoms. The molecule has 2 amide bonds. The molecule has 1 atom stereocenters. The zero-order valence-electron chi connectivity index (χ0n) is 10.2. The highest BCUT2D eigenvalue weighted by atomic mass is 19.1. The number of carbonyl (C=O) groups excluding carboxylic acids is 2. The number of hydrogen-bond acceptors (Lipinski definition) is 4. The Kier molecular flexibility index (Phi) is 3.66. The second-order valence-electron chi connectivity index (χ2n) is 4.31. The van der Waals surface area contributed by atoms with Crippen molar-refractivity contribution in [3.8, 4) is 0 Å². The minimum Gasteiger partial charge on any atom is -0.368 e. The topological polar surface area (TPSA) is 101 Å². The fourth-order valence-electron chi connectivity index (χ4n) is 2.24. The van der Waals surface area contributed by atoms with Crippen molar-refractivity contribution in [1.82, 2.24) is 5.32 Å². The number of hydrogen-bond donors (Lipinski definition) is 3. The van der Waals surface area contributed by atoms with E-state index in [2.05, 4.69) is 5.32 Å². The number of rotatable bonds is 3. The lowest BCUT2D eigenvalue weighted by molar-refractivity contribution is -0.119. The second-order valence-corrected chi connectivity index (χ2v) is 4.31. The molecule has 0 spiro atoms. The lowest BCUT2D eigenvalue weighted by atomic mass is 10.1. The molecule has 1 aromatic rings. The predicted octanol–water partition coefficient (Wildman–Crippen LogP) is -0.812. The molecule has 1 aromatic carbocycles. The first-order valence-electron chi connectivity index (χ1n) is 5.87. The van der Waals surface area contributed by atoms with Crippen molar-refractivity contribution < 1.29 is 14.0 Å². The van der Waals surface area contributed by atoms with Crippen molar-refractivity contribution in [3.05, 3.63) is 29.6 Å². The second kappa shape index (κ2) is 5.23. The van der Waals surface area contributed by atoms with Crippen LogP contribution in [-0.4, -0.2) is 37.5 Å². The summed E-state index contributed by atoms with van der Waals surface area (Å²) in [7, 11) is 0. The van der Waals surface area contributed by atoms with Crippen molar-refractivity contribution in [2.75, 3.05) is 24.5 Å². The maximum atomic E-state index is 13.7. The number of nitrogens with two attached hydrogens (primary N) is 2. The Balaban J connectivity index is 2.47. The fourth-order valence-corrected chi connectivity index (χ4v) is 2.24. The van der Waals surface area contributed by atoms with Gasteiger partial charge in [-0.1, -0.05) is 6.07 Å². The van der Waals surface area contributed by atoms with Gasteiger partial charge in [-0.25, -0.2) is 4.39 Å². The number of nitrogens with zero attached hydrogens (tertiary/aromatic N) is 1. The number of piperazine rings is 1. The SMILES string of the molecule is NC(=O)c1c(F)cccc1N1CCNCC1C(N)=O. The van der Waals surface area contributed by atoms with Crippen LogP contribution < -0.4 is 21.7 Å². The summed E-state index contributed by atoms with van der Waals surface area (Å²) in [4.78, 5) is 24.4. The fraction of sp³-hybridized carbons (Fsp3) is 0.333. The van der Waals surface area contributed by atoms with E-state index in [0.29, 0.717) is 25.3 Å². The van der Waals surface area contributed by atoms with Gasteiger partial charge in [-0.05, 0) is 12.1 Å².